The molecule has 0 unspecified atom stereocenters. The van der Waals surface area contributed by atoms with Gasteiger partial charge in [0.05, 0.1) is 25.8 Å². The van der Waals surface area contributed by atoms with Crippen LogP contribution >= 0.6 is 23.1 Å². The van der Waals surface area contributed by atoms with E-state index in [9.17, 15) is 4.79 Å². The summed E-state index contributed by atoms with van der Waals surface area (Å²) in [6.45, 7) is 6.34. The van der Waals surface area contributed by atoms with Gasteiger partial charge in [0, 0.05) is 27.9 Å². The maximum absolute atomic E-state index is 12.6. The molecule has 0 atom stereocenters. The molecule has 0 amide bonds. The Morgan fingerprint density at radius 3 is 2.74 bits per heavy atom. The fourth-order valence-corrected chi connectivity index (χ4v) is 4.60. The molecule has 3 heterocycles. The van der Waals surface area contributed by atoms with E-state index in [1.807, 2.05) is 50.6 Å². The zero-order valence-electron chi connectivity index (χ0n) is 19.6. The second-order valence-corrected chi connectivity index (χ2v) is 8.98. The first-order chi connectivity index (χ1) is 16.4. The molecule has 0 spiro atoms. The van der Waals surface area contributed by atoms with Crippen molar-refractivity contribution < 1.29 is 19.0 Å². The molecule has 3 aromatic heterocycles. The van der Waals surface area contributed by atoms with Gasteiger partial charge in [-0.3, -0.25) is 4.79 Å². The lowest BCUT2D eigenvalue weighted by molar-refractivity contribution is -0.144. The van der Waals surface area contributed by atoms with E-state index in [1.165, 1.54) is 23.1 Å². The zero-order valence-corrected chi connectivity index (χ0v) is 21.2. The number of aryl methyl sites for hydroxylation is 2. The molecule has 0 fully saturated rings. The summed E-state index contributed by atoms with van der Waals surface area (Å²) in [5.41, 5.74) is 3.94. The smallest absolute Gasteiger partial charge is 0.310 e. The first-order valence-corrected chi connectivity index (χ1v) is 12.7. The Morgan fingerprint density at radius 2 is 2.00 bits per heavy atom. The number of methoxy groups -OCH3 is 1. The van der Waals surface area contributed by atoms with Crippen LogP contribution in [0, 0.1) is 13.8 Å². The summed E-state index contributed by atoms with van der Waals surface area (Å²) in [5, 5.41) is 7.75. The number of nitrogens with zero attached hydrogens (tertiary/aromatic N) is 5. The Balaban J connectivity index is 1.43. The van der Waals surface area contributed by atoms with Gasteiger partial charge in [-0.2, -0.15) is 4.98 Å². The van der Waals surface area contributed by atoms with Gasteiger partial charge in [0.2, 0.25) is 5.16 Å². The van der Waals surface area contributed by atoms with Crippen LogP contribution in [0.3, 0.4) is 0 Å². The number of thiazole rings is 1. The summed E-state index contributed by atoms with van der Waals surface area (Å²) in [4.78, 5) is 26.0. The number of carbonyl (C=O) groups excluding carboxylic acids is 1. The van der Waals surface area contributed by atoms with Gasteiger partial charge in [-0.05, 0) is 45.2 Å². The van der Waals surface area contributed by atoms with Crippen LogP contribution in [0.1, 0.15) is 29.6 Å². The predicted octanol–water partition coefficient (Wildman–Crippen LogP) is 4.28. The second kappa shape index (κ2) is 10.4. The van der Waals surface area contributed by atoms with Gasteiger partial charge >= 0.3 is 5.97 Å². The van der Waals surface area contributed by atoms with Gasteiger partial charge in [0.15, 0.2) is 11.5 Å². The van der Waals surface area contributed by atoms with E-state index in [-0.39, 0.29) is 19.0 Å². The third-order valence-corrected chi connectivity index (χ3v) is 6.65. The van der Waals surface area contributed by atoms with Gasteiger partial charge in [-0.15, -0.1) is 16.4 Å². The molecule has 0 saturated heterocycles. The number of benzene rings is 1. The topological polar surface area (TPSA) is 101 Å². The van der Waals surface area contributed by atoms with Crippen molar-refractivity contribution in [3.05, 3.63) is 46.2 Å². The Hall–Kier alpha value is -3.18. The summed E-state index contributed by atoms with van der Waals surface area (Å²) < 4.78 is 18.2. The van der Waals surface area contributed by atoms with Crippen LogP contribution in [0.25, 0.3) is 16.3 Å². The monoisotopic (exact) mass is 499 g/mol. The van der Waals surface area contributed by atoms with Crippen molar-refractivity contribution in [2.75, 3.05) is 20.0 Å². The van der Waals surface area contributed by atoms with Crippen LogP contribution < -0.4 is 9.47 Å². The number of thioether (sulfide) groups is 1. The second-order valence-electron chi connectivity index (χ2n) is 7.35. The average molecular weight is 500 g/mol. The summed E-state index contributed by atoms with van der Waals surface area (Å²) in [6, 6.07) is 5.69. The van der Waals surface area contributed by atoms with Crippen LogP contribution in [0.5, 0.6) is 11.5 Å². The van der Waals surface area contributed by atoms with E-state index in [4.69, 9.17) is 14.2 Å². The third-order valence-electron chi connectivity index (χ3n) is 5.18. The van der Waals surface area contributed by atoms with Crippen LogP contribution in [0.2, 0.25) is 0 Å². The number of hydrogen-bond donors (Lipinski definition) is 0. The standard InChI is InChI=1S/C23H25N5O4S2/c1-6-31-18-8-7-15(9-19(18)30-4)21-25-16(12-34-21)11-32-20(29)10-17-13(2)24-22-26-23(33-5)27-28(22)14(17)3/h7-9,12H,6,10-11H2,1-5H3. The van der Waals surface area contributed by atoms with E-state index in [2.05, 4.69) is 20.1 Å². The van der Waals surface area contributed by atoms with Crippen molar-refractivity contribution in [2.24, 2.45) is 0 Å². The molecule has 0 aliphatic carbocycles. The molecular weight excluding hydrogens is 474 g/mol. The molecule has 1 aromatic carbocycles. The Kier molecular flexibility index (Phi) is 7.32. The van der Waals surface area contributed by atoms with Crippen molar-refractivity contribution in [2.45, 2.75) is 39.0 Å². The average Bonchev–Trinajstić information content (AvgIpc) is 3.48. The first kappa shape index (κ1) is 24.0. The number of rotatable bonds is 9. The van der Waals surface area contributed by atoms with Crippen LogP contribution in [0.4, 0.5) is 0 Å². The molecule has 0 radical (unpaired) electrons. The van der Waals surface area contributed by atoms with E-state index in [0.717, 1.165) is 27.5 Å². The SMILES string of the molecule is CCOc1ccc(-c2nc(COC(=O)Cc3c(C)nc4nc(SC)nn4c3C)cs2)cc1OC. The lowest BCUT2D eigenvalue weighted by Crippen LogP contribution is -2.13. The fourth-order valence-electron chi connectivity index (χ4n) is 3.46. The Morgan fingerprint density at radius 1 is 1.18 bits per heavy atom. The molecule has 34 heavy (non-hydrogen) atoms. The predicted molar refractivity (Wildman–Crippen MR) is 131 cm³/mol. The summed E-state index contributed by atoms with van der Waals surface area (Å²) in [5.74, 6) is 1.51. The van der Waals surface area contributed by atoms with Gasteiger partial charge in [-0.25, -0.2) is 14.5 Å². The highest BCUT2D eigenvalue weighted by Gasteiger charge is 2.17. The fraction of sp³-hybridized carbons (Fsp3) is 0.348. The van der Waals surface area contributed by atoms with Gasteiger partial charge in [-0.1, -0.05) is 11.8 Å². The zero-order chi connectivity index (χ0) is 24.2. The molecule has 0 N–H and O–H groups in total. The van der Waals surface area contributed by atoms with Crippen LogP contribution in [-0.4, -0.2) is 50.5 Å². The molecular formula is C23H25N5O4S2. The minimum Gasteiger partial charge on any atom is -0.493 e. The maximum Gasteiger partial charge on any atom is 0.310 e. The number of hydrogen-bond acceptors (Lipinski definition) is 10. The molecule has 0 aliphatic heterocycles. The largest absolute Gasteiger partial charge is 0.493 e. The molecule has 0 saturated carbocycles. The number of aromatic nitrogens is 5. The van der Waals surface area contributed by atoms with Gasteiger partial charge in [0.1, 0.15) is 11.6 Å². The lowest BCUT2D eigenvalue weighted by Gasteiger charge is -2.10. The highest BCUT2D eigenvalue weighted by molar-refractivity contribution is 7.98. The summed E-state index contributed by atoms with van der Waals surface area (Å²) in [7, 11) is 1.61. The summed E-state index contributed by atoms with van der Waals surface area (Å²) >= 11 is 2.92. The molecule has 9 nitrogen and oxygen atoms in total. The molecule has 0 aliphatic rings. The quantitative estimate of drug-likeness (QED) is 0.247. The maximum atomic E-state index is 12.6. The van der Waals surface area contributed by atoms with Gasteiger partial charge in [0.25, 0.3) is 5.78 Å². The molecule has 11 heteroatoms. The number of fused-ring (bicyclic) bond motifs is 1. The van der Waals surface area contributed by atoms with Crippen molar-refractivity contribution in [3.8, 4) is 22.1 Å². The lowest BCUT2D eigenvalue weighted by atomic mass is 10.1. The van der Waals surface area contributed by atoms with E-state index < -0.39 is 0 Å². The minimum absolute atomic E-state index is 0.0945. The van der Waals surface area contributed by atoms with Crippen molar-refractivity contribution in [1.82, 2.24) is 24.6 Å². The number of ether oxygens (including phenoxy) is 3. The molecule has 0 bridgehead atoms. The normalized spacial score (nSPS) is 11.1. The Labute approximate surface area is 205 Å². The van der Waals surface area contributed by atoms with Gasteiger partial charge < -0.3 is 14.2 Å². The van der Waals surface area contributed by atoms with E-state index >= 15 is 0 Å². The van der Waals surface area contributed by atoms with E-state index in [0.29, 0.717) is 34.7 Å². The van der Waals surface area contributed by atoms with Crippen molar-refractivity contribution >= 4 is 34.8 Å². The van der Waals surface area contributed by atoms with Crippen molar-refractivity contribution in [3.63, 3.8) is 0 Å². The molecule has 4 aromatic rings. The van der Waals surface area contributed by atoms with Crippen molar-refractivity contribution in [1.29, 1.82) is 0 Å². The van der Waals surface area contributed by atoms with E-state index in [1.54, 1.807) is 11.6 Å². The number of carbonyl (C=O) groups is 1. The Bertz CT molecular complexity index is 1330. The van der Waals surface area contributed by atoms with Crippen LogP contribution in [0.15, 0.2) is 28.7 Å². The number of esters is 1. The summed E-state index contributed by atoms with van der Waals surface area (Å²) in [6.07, 6.45) is 2.01. The highest BCUT2D eigenvalue weighted by atomic mass is 32.2. The molecule has 4 rings (SSSR count). The first-order valence-electron chi connectivity index (χ1n) is 10.6. The molecule has 178 valence electrons. The third kappa shape index (κ3) is 5.00. The van der Waals surface area contributed by atoms with Crippen LogP contribution in [-0.2, 0) is 22.6 Å². The minimum atomic E-state index is -0.352. The highest BCUT2D eigenvalue weighted by Crippen LogP contribution is 2.34.